The Morgan fingerprint density at radius 3 is 2.54 bits per heavy atom. The number of benzene rings is 2. The summed E-state index contributed by atoms with van der Waals surface area (Å²) in [5, 5.41) is 11.3. The number of carbonyl (C=O) groups is 1. The molecule has 0 aliphatic carbocycles. The van der Waals surface area contributed by atoms with Crippen LogP contribution in [0.15, 0.2) is 54.6 Å². The first-order valence-electron chi connectivity index (χ1n) is 7.43. The van der Waals surface area contributed by atoms with E-state index in [0.29, 0.717) is 17.5 Å². The molecule has 2 atom stereocenters. The van der Waals surface area contributed by atoms with Gasteiger partial charge in [0.05, 0.1) is 0 Å². The van der Waals surface area contributed by atoms with Crippen molar-refractivity contribution in [3.05, 3.63) is 70.3 Å². The van der Waals surface area contributed by atoms with Gasteiger partial charge in [0.1, 0.15) is 0 Å². The van der Waals surface area contributed by atoms with Crippen LogP contribution in [0.4, 0.5) is 10.5 Å². The average Bonchev–Trinajstić information content (AvgIpc) is 2.60. The number of para-hydroxylation sites is 1. The molecule has 124 valence electrons. The van der Waals surface area contributed by atoms with Gasteiger partial charge < -0.3 is 0 Å². The average molecular weight is 392 g/mol. The summed E-state index contributed by atoms with van der Waals surface area (Å²) in [4.78, 5) is 22.3. The van der Waals surface area contributed by atoms with Gasteiger partial charge in [-0.15, -0.1) is 0 Å². The van der Waals surface area contributed by atoms with E-state index < -0.39 is 6.16 Å². The first-order chi connectivity index (χ1) is 11.6. The zero-order valence-electron chi connectivity index (χ0n) is 12.7. The summed E-state index contributed by atoms with van der Waals surface area (Å²) < 4.78 is 10.9. The Morgan fingerprint density at radius 1 is 1.12 bits per heavy atom. The molecule has 0 N–H and O–H groups in total. The zero-order chi connectivity index (χ0) is 16.9. The molecule has 0 bridgehead atoms. The predicted molar refractivity (Wildman–Crippen MR) is 88.5 cm³/mol. The number of rotatable bonds is 5. The fraction of sp³-hybridized carbons (Fsp3) is 0.235. The first kappa shape index (κ1) is 16.5. The number of nitro benzene ring substituents is 1. The second-order valence-electron chi connectivity index (χ2n) is 5.22. The van der Waals surface area contributed by atoms with E-state index in [1.165, 1.54) is 6.07 Å². The third kappa shape index (κ3) is 3.75. The van der Waals surface area contributed by atoms with Gasteiger partial charge in [0.2, 0.25) is 0 Å². The Hall–Kier alpha value is -2.37. The third-order valence-corrected chi connectivity index (χ3v) is 6.65. The molecule has 6 nitrogen and oxygen atoms in total. The molecule has 1 aliphatic rings. The summed E-state index contributed by atoms with van der Waals surface area (Å²) in [5.41, 5.74) is 1.12. The van der Waals surface area contributed by atoms with Crippen LogP contribution in [0.25, 0.3) is 0 Å². The molecule has 0 amide bonds. The summed E-state index contributed by atoms with van der Waals surface area (Å²) in [6, 6.07) is 16.4. The molecule has 0 spiro atoms. The van der Waals surface area contributed by atoms with Crippen molar-refractivity contribution in [2.75, 3.05) is 6.61 Å². The number of hydrogen-bond acceptors (Lipinski definition) is 5. The molecule has 3 rings (SSSR count). The van der Waals surface area contributed by atoms with Crippen molar-refractivity contribution in [2.24, 2.45) is 0 Å². The van der Waals surface area contributed by atoms with Gasteiger partial charge in [-0.1, -0.05) is 0 Å². The zero-order valence-corrected chi connectivity index (χ0v) is 14.4. The number of nitrogens with zero attached hydrogens (tertiary/aromatic N) is 1. The maximum absolute atomic E-state index is 11.5. The van der Waals surface area contributed by atoms with E-state index in [-0.39, 0.29) is 36.5 Å². The molecule has 1 heterocycles. The fourth-order valence-corrected chi connectivity index (χ4v) is 5.33. The molecule has 7 heteroatoms. The minimum atomic E-state index is -0.675. The molecule has 1 saturated heterocycles. The standard InChI is InChI=1S/C17H15NO5Se/c19-17-22-11-10-14(23-17)16(12-6-2-1-3-7-12)24-15-9-5-4-8-13(15)18(20)21/h1-9,14,16H,10-11H2/t14-,16+/m1/s1. The van der Waals surface area contributed by atoms with Crippen molar-refractivity contribution in [3.8, 4) is 0 Å². The minimum absolute atomic E-state index is 0.104. The SMILES string of the molecule is O=C1OCC[C@H]([C@@H]([Se]c2ccccc2[N+](=O)[O-])c2ccccc2)O1. The molecule has 0 radical (unpaired) electrons. The Bertz CT molecular complexity index is 737. The molecule has 0 unspecified atom stereocenters. The van der Waals surface area contributed by atoms with Gasteiger partial charge >= 0.3 is 145 Å². The van der Waals surface area contributed by atoms with Gasteiger partial charge in [0, 0.05) is 0 Å². The molecule has 2 aromatic carbocycles. The second-order valence-corrected chi connectivity index (χ2v) is 7.70. The molecular formula is C17H15NO5Se. The molecule has 2 aromatic rings. The van der Waals surface area contributed by atoms with Gasteiger partial charge in [-0.2, -0.15) is 0 Å². The number of ether oxygens (including phenoxy) is 2. The van der Waals surface area contributed by atoms with Crippen LogP contribution in [-0.2, 0) is 9.47 Å². The van der Waals surface area contributed by atoms with E-state index in [1.54, 1.807) is 18.2 Å². The van der Waals surface area contributed by atoms with Crippen molar-refractivity contribution in [1.29, 1.82) is 0 Å². The number of cyclic esters (lactones) is 2. The fourth-order valence-electron chi connectivity index (χ4n) is 2.53. The van der Waals surface area contributed by atoms with Crippen LogP contribution in [0, 0.1) is 10.1 Å². The second kappa shape index (κ2) is 7.47. The van der Waals surface area contributed by atoms with Crippen LogP contribution in [0.3, 0.4) is 0 Å². The summed E-state index contributed by atoms with van der Waals surface area (Å²) in [5.74, 6) is 0. The third-order valence-electron chi connectivity index (χ3n) is 3.65. The predicted octanol–water partition coefficient (Wildman–Crippen LogP) is 2.59. The van der Waals surface area contributed by atoms with E-state index in [1.807, 2.05) is 30.3 Å². The van der Waals surface area contributed by atoms with Crippen molar-refractivity contribution < 1.29 is 19.2 Å². The van der Waals surface area contributed by atoms with Gasteiger partial charge in [-0.05, 0) is 0 Å². The Kier molecular flexibility index (Phi) is 5.13. The number of carbonyl (C=O) groups excluding carboxylic acids is 1. The van der Waals surface area contributed by atoms with Crippen LogP contribution >= 0.6 is 0 Å². The maximum atomic E-state index is 11.5. The van der Waals surface area contributed by atoms with Crippen LogP contribution < -0.4 is 4.46 Å². The molecular weight excluding hydrogens is 377 g/mol. The Balaban J connectivity index is 1.94. The van der Waals surface area contributed by atoms with Crippen molar-refractivity contribution in [2.45, 2.75) is 17.3 Å². The van der Waals surface area contributed by atoms with E-state index in [4.69, 9.17) is 9.47 Å². The van der Waals surface area contributed by atoms with E-state index >= 15 is 0 Å². The number of nitro groups is 1. The molecule has 0 aromatic heterocycles. The van der Waals surface area contributed by atoms with Crippen molar-refractivity contribution >= 4 is 31.3 Å². The first-order valence-corrected chi connectivity index (χ1v) is 9.28. The van der Waals surface area contributed by atoms with E-state index in [2.05, 4.69) is 0 Å². The van der Waals surface area contributed by atoms with Crippen molar-refractivity contribution in [3.63, 3.8) is 0 Å². The topological polar surface area (TPSA) is 78.7 Å². The van der Waals surface area contributed by atoms with Crippen molar-refractivity contribution in [1.82, 2.24) is 0 Å². The summed E-state index contributed by atoms with van der Waals surface area (Å²) >= 11 is -0.271. The van der Waals surface area contributed by atoms with Gasteiger partial charge in [-0.3, -0.25) is 0 Å². The van der Waals surface area contributed by atoms with Crippen LogP contribution in [0.2, 0.25) is 0 Å². The monoisotopic (exact) mass is 393 g/mol. The molecule has 1 fully saturated rings. The molecule has 1 aliphatic heterocycles. The van der Waals surface area contributed by atoms with Crippen LogP contribution in [0.1, 0.15) is 16.8 Å². The number of hydrogen-bond donors (Lipinski definition) is 0. The van der Waals surface area contributed by atoms with Gasteiger partial charge in [0.25, 0.3) is 0 Å². The van der Waals surface area contributed by atoms with Gasteiger partial charge in [-0.25, -0.2) is 0 Å². The normalized spacial score (nSPS) is 18.3. The summed E-state index contributed by atoms with van der Waals surface area (Å²) in [7, 11) is 0. The molecule has 0 saturated carbocycles. The quantitative estimate of drug-likeness (QED) is 0.338. The Morgan fingerprint density at radius 2 is 1.83 bits per heavy atom. The summed E-state index contributed by atoms with van der Waals surface area (Å²) in [6.07, 6.45) is -0.438. The Labute approximate surface area is 145 Å². The van der Waals surface area contributed by atoms with E-state index in [9.17, 15) is 14.9 Å². The summed E-state index contributed by atoms with van der Waals surface area (Å²) in [6.45, 7) is 0.305. The van der Waals surface area contributed by atoms with E-state index in [0.717, 1.165) is 5.56 Å². The molecule has 24 heavy (non-hydrogen) atoms. The van der Waals surface area contributed by atoms with Gasteiger partial charge in [0.15, 0.2) is 0 Å². The van der Waals surface area contributed by atoms with Crippen LogP contribution in [-0.4, -0.2) is 38.7 Å². The van der Waals surface area contributed by atoms with Crippen LogP contribution in [0.5, 0.6) is 0 Å².